The van der Waals surface area contributed by atoms with Crippen LogP contribution in [0.25, 0.3) is 0 Å². The van der Waals surface area contributed by atoms with Crippen LogP contribution in [0.15, 0.2) is 47.6 Å². The molecule has 29 heavy (non-hydrogen) atoms. The van der Waals surface area contributed by atoms with Crippen LogP contribution in [0.3, 0.4) is 0 Å². The predicted molar refractivity (Wildman–Crippen MR) is 112 cm³/mol. The Balaban J connectivity index is 1.70. The van der Waals surface area contributed by atoms with Gasteiger partial charge in [-0.2, -0.15) is 0 Å². The van der Waals surface area contributed by atoms with E-state index in [4.69, 9.17) is 9.47 Å². The second-order valence-corrected chi connectivity index (χ2v) is 7.51. The fraction of sp³-hybridized carbons (Fsp3) is 0.278. The van der Waals surface area contributed by atoms with Gasteiger partial charge < -0.3 is 9.47 Å². The summed E-state index contributed by atoms with van der Waals surface area (Å²) in [6.45, 7) is 6.16. The third kappa shape index (κ3) is 5.33. The zero-order valence-electron chi connectivity index (χ0n) is 15.9. The van der Waals surface area contributed by atoms with Crippen molar-refractivity contribution in [2.75, 3.05) is 18.2 Å². The van der Waals surface area contributed by atoms with E-state index in [9.17, 15) is 4.79 Å². The normalized spacial score (nSPS) is 11.7. The van der Waals surface area contributed by atoms with Gasteiger partial charge >= 0.3 is 0 Å². The monoisotopic (exact) mass is 432 g/mol. The van der Waals surface area contributed by atoms with Crippen LogP contribution >= 0.6 is 23.1 Å². The smallest absolute Gasteiger partial charge is 0.236 e. The van der Waals surface area contributed by atoms with Crippen molar-refractivity contribution < 1.29 is 14.3 Å². The number of allylic oxidation sites excluding steroid dienone is 1. The summed E-state index contributed by atoms with van der Waals surface area (Å²) in [7, 11) is 1.59. The average molecular weight is 433 g/mol. The highest BCUT2D eigenvalue weighted by Crippen LogP contribution is 2.31. The molecule has 3 aromatic rings. The van der Waals surface area contributed by atoms with Gasteiger partial charge in [-0.05, 0) is 19.1 Å². The molecule has 1 atom stereocenters. The molecule has 2 heterocycles. The molecule has 0 aliphatic carbocycles. The molecule has 0 aliphatic heterocycles. The van der Waals surface area contributed by atoms with Crippen molar-refractivity contribution in [1.82, 2.24) is 25.0 Å². The molecule has 9 nitrogen and oxygen atoms in total. The van der Waals surface area contributed by atoms with E-state index in [1.165, 1.54) is 23.1 Å². The van der Waals surface area contributed by atoms with E-state index in [0.29, 0.717) is 34.2 Å². The van der Waals surface area contributed by atoms with E-state index in [2.05, 4.69) is 32.3 Å². The number of carbonyl (C=O) groups is 1. The number of para-hydroxylation sites is 2. The van der Waals surface area contributed by atoms with Crippen molar-refractivity contribution in [2.24, 2.45) is 0 Å². The van der Waals surface area contributed by atoms with Crippen molar-refractivity contribution >= 4 is 34.1 Å². The molecule has 0 bridgehead atoms. The lowest BCUT2D eigenvalue weighted by molar-refractivity contribution is -0.113. The second-order valence-electron chi connectivity index (χ2n) is 5.73. The number of aromatic nitrogens is 5. The fourth-order valence-corrected chi connectivity index (χ4v) is 3.70. The second kappa shape index (κ2) is 10.0. The van der Waals surface area contributed by atoms with Crippen LogP contribution in [0, 0.1) is 0 Å². The quantitative estimate of drug-likeness (QED) is 0.385. The van der Waals surface area contributed by atoms with Gasteiger partial charge in [0.2, 0.25) is 11.0 Å². The molecule has 11 heteroatoms. The molecule has 3 rings (SSSR count). The van der Waals surface area contributed by atoms with Gasteiger partial charge in [-0.1, -0.05) is 41.3 Å². The lowest BCUT2D eigenvalue weighted by atomic mass is 10.3. The van der Waals surface area contributed by atoms with Gasteiger partial charge in [-0.25, -0.2) is 0 Å². The molecule has 1 aromatic carbocycles. The molecule has 152 valence electrons. The Labute approximate surface area is 176 Å². The number of benzene rings is 1. The lowest BCUT2D eigenvalue weighted by Gasteiger charge is -2.17. The summed E-state index contributed by atoms with van der Waals surface area (Å²) in [6.07, 6.45) is 1.36. The highest BCUT2D eigenvalue weighted by molar-refractivity contribution is 7.99. The summed E-state index contributed by atoms with van der Waals surface area (Å²) in [6, 6.07) is 7.40. The van der Waals surface area contributed by atoms with Gasteiger partial charge in [-0.15, -0.1) is 27.0 Å². The molecular formula is C18H20N6O3S2. The number of rotatable bonds is 10. The first-order chi connectivity index (χ1) is 14.1. The summed E-state index contributed by atoms with van der Waals surface area (Å²) in [5.74, 6) is 1.84. The molecule has 2 aromatic heterocycles. The van der Waals surface area contributed by atoms with Gasteiger partial charge in [0.25, 0.3) is 0 Å². The van der Waals surface area contributed by atoms with Crippen molar-refractivity contribution in [3.05, 3.63) is 48.3 Å². The minimum absolute atomic E-state index is 0.163. The van der Waals surface area contributed by atoms with Gasteiger partial charge in [0.1, 0.15) is 5.51 Å². The Bertz CT molecular complexity index is 960. The molecule has 0 spiro atoms. The van der Waals surface area contributed by atoms with Crippen molar-refractivity contribution in [3.8, 4) is 11.5 Å². The Hall–Kier alpha value is -2.92. The highest BCUT2D eigenvalue weighted by Gasteiger charge is 2.21. The van der Waals surface area contributed by atoms with E-state index in [1.807, 2.05) is 35.8 Å². The van der Waals surface area contributed by atoms with Crippen LogP contribution in [0.1, 0.15) is 18.9 Å². The van der Waals surface area contributed by atoms with Crippen LogP contribution in [-0.4, -0.2) is 43.7 Å². The zero-order chi connectivity index (χ0) is 20.6. The third-order valence-corrected chi connectivity index (χ3v) is 5.31. The van der Waals surface area contributed by atoms with Crippen molar-refractivity contribution in [1.29, 1.82) is 0 Å². The van der Waals surface area contributed by atoms with E-state index in [1.54, 1.807) is 18.7 Å². The molecule has 0 radical (unpaired) electrons. The molecular weight excluding hydrogens is 412 g/mol. The number of hydrogen-bond donors (Lipinski definition) is 1. The number of anilines is 1. The predicted octanol–water partition coefficient (Wildman–Crippen LogP) is 3.20. The van der Waals surface area contributed by atoms with E-state index >= 15 is 0 Å². The first kappa shape index (κ1) is 20.8. The first-order valence-electron chi connectivity index (χ1n) is 8.64. The standard InChI is InChI=1S/C18H20N6O3S2/c1-4-9-24-16(12(2)27-14-8-6-5-7-13(14)26-3)21-23-18(24)28-10-15(25)20-17-22-19-11-29-17/h4-8,11-12H,1,9-10H2,2-3H3,(H,20,22,25). The summed E-state index contributed by atoms with van der Waals surface area (Å²) >= 11 is 2.53. The molecule has 1 amide bonds. The van der Waals surface area contributed by atoms with E-state index in [0.717, 1.165) is 0 Å². The topological polar surface area (TPSA) is 104 Å². The minimum Gasteiger partial charge on any atom is -0.493 e. The summed E-state index contributed by atoms with van der Waals surface area (Å²) in [4.78, 5) is 12.1. The average Bonchev–Trinajstić information content (AvgIpc) is 3.37. The maximum absolute atomic E-state index is 12.1. The number of ether oxygens (including phenoxy) is 2. The molecule has 1 unspecified atom stereocenters. The van der Waals surface area contributed by atoms with Gasteiger partial charge in [0.05, 0.1) is 12.9 Å². The van der Waals surface area contributed by atoms with Gasteiger partial charge in [0.15, 0.2) is 28.6 Å². The van der Waals surface area contributed by atoms with Crippen LogP contribution in [0.4, 0.5) is 5.13 Å². The number of nitrogens with zero attached hydrogens (tertiary/aromatic N) is 5. The fourth-order valence-electron chi connectivity index (χ4n) is 2.48. The molecule has 1 N–H and O–H groups in total. The minimum atomic E-state index is -0.386. The van der Waals surface area contributed by atoms with Crippen molar-refractivity contribution in [2.45, 2.75) is 24.7 Å². The van der Waals surface area contributed by atoms with Crippen LogP contribution in [-0.2, 0) is 11.3 Å². The van der Waals surface area contributed by atoms with Crippen LogP contribution in [0.5, 0.6) is 11.5 Å². The number of hydrogen-bond acceptors (Lipinski definition) is 9. The SMILES string of the molecule is C=CCn1c(SCC(=O)Nc2nncs2)nnc1C(C)Oc1ccccc1OC. The largest absolute Gasteiger partial charge is 0.493 e. The van der Waals surface area contributed by atoms with Gasteiger partial charge in [-0.3, -0.25) is 14.7 Å². The number of amides is 1. The van der Waals surface area contributed by atoms with Crippen molar-refractivity contribution in [3.63, 3.8) is 0 Å². The number of carbonyl (C=O) groups excluding carboxylic acids is 1. The van der Waals surface area contributed by atoms with E-state index < -0.39 is 0 Å². The number of nitrogens with one attached hydrogen (secondary N) is 1. The third-order valence-electron chi connectivity index (χ3n) is 3.73. The molecule has 0 fully saturated rings. The Morgan fingerprint density at radius 3 is 2.83 bits per heavy atom. The Morgan fingerprint density at radius 2 is 2.14 bits per heavy atom. The highest BCUT2D eigenvalue weighted by atomic mass is 32.2. The molecule has 0 saturated heterocycles. The summed E-state index contributed by atoms with van der Waals surface area (Å²) < 4.78 is 13.2. The van der Waals surface area contributed by atoms with Gasteiger partial charge in [0, 0.05) is 6.54 Å². The zero-order valence-corrected chi connectivity index (χ0v) is 17.6. The maximum atomic E-state index is 12.1. The van der Waals surface area contributed by atoms with Crippen LogP contribution in [0.2, 0.25) is 0 Å². The summed E-state index contributed by atoms with van der Waals surface area (Å²) in [5, 5.41) is 19.7. The molecule has 0 saturated carbocycles. The lowest BCUT2D eigenvalue weighted by Crippen LogP contribution is -2.15. The first-order valence-corrected chi connectivity index (χ1v) is 10.5. The maximum Gasteiger partial charge on any atom is 0.236 e. The molecule has 0 aliphatic rings. The summed E-state index contributed by atoms with van der Waals surface area (Å²) in [5.41, 5.74) is 1.55. The van der Waals surface area contributed by atoms with E-state index in [-0.39, 0.29) is 17.8 Å². The number of thioether (sulfide) groups is 1. The van der Waals surface area contributed by atoms with Crippen LogP contribution < -0.4 is 14.8 Å². The Morgan fingerprint density at radius 1 is 1.34 bits per heavy atom. The number of methoxy groups -OCH3 is 1. The Kier molecular flexibility index (Phi) is 7.19.